The monoisotopic (exact) mass is 273 g/mol. The molecule has 0 saturated carbocycles. The van der Waals surface area contributed by atoms with E-state index in [4.69, 9.17) is 0 Å². The molecule has 0 aliphatic heterocycles. The molecule has 1 nitrogen and oxygen atoms in total. The van der Waals surface area contributed by atoms with E-state index in [0.717, 1.165) is 6.54 Å². The van der Waals surface area contributed by atoms with Crippen LogP contribution in [0.5, 0.6) is 0 Å². The summed E-state index contributed by atoms with van der Waals surface area (Å²) in [5.74, 6) is 0.484. The Labute approximate surface area is 120 Å². The normalized spacial score (nSPS) is 14.3. The predicted molar refractivity (Wildman–Crippen MR) is 85.1 cm³/mol. The van der Waals surface area contributed by atoms with Crippen molar-refractivity contribution >= 4 is 11.3 Å². The smallest absolute Gasteiger partial charge is 0.0484 e. The Bertz CT molecular complexity index is 515. The Balaban J connectivity index is 2.32. The Morgan fingerprint density at radius 2 is 1.84 bits per heavy atom. The highest BCUT2D eigenvalue weighted by molar-refractivity contribution is 7.12. The van der Waals surface area contributed by atoms with Crippen LogP contribution in [0.2, 0.25) is 0 Å². The average Bonchev–Trinajstić information content (AvgIpc) is 2.75. The number of benzene rings is 1. The maximum Gasteiger partial charge on any atom is 0.0484 e. The van der Waals surface area contributed by atoms with E-state index in [2.05, 4.69) is 69.4 Å². The second-order valence-corrected chi connectivity index (χ2v) is 6.43. The molecular weight excluding hydrogens is 250 g/mol. The zero-order valence-corrected chi connectivity index (χ0v) is 13.1. The summed E-state index contributed by atoms with van der Waals surface area (Å²) in [5.41, 5.74) is 2.81. The highest BCUT2D eigenvalue weighted by atomic mass is 32.1. The Hall–Kier alpha value is -1.12. The lowest BCUT2D eigenvalue weighted by molar-refractivity contribution is 0.485. The van der Waals surface area contributed by atoms with E-state index < -0.39 is 0 Å². The van der Waals surface area contributed by atoms with Gasteiger partial charge in [0.05, 0.1) is 0 Å². The van der Waals surface area contributed by atoms with Crippen LogP contribution in [0.25, 0.3) is 0 Å². The molecule has 2 heteroatoms. The van der Waals surface area contributed by atoms with E-state index in [1.54, 1.807) is 0 Å². The van der Waals surface area contributed by atoms with Gasteiger partial charge in [0.2, 0.25) is 0 Å². The van der Waals surface area contributed by atoms with Crippen LogP contribution >= 0.6 is 11.3 Å². The fourth-order valence-corrected chi connectivity index (χ4v) is 3.85. The summed E-state index contributed by atoms with van der Waals surface area (Å²) in [6.45, 7) is 9.91. The van der Waals surface area contributed by atoms with Gasteiger partial charge in [-0.3, -0.25) is 0 Å². The molecule has 2 unspecified atom stereocenters. The Morgan fingerprint density at radius 3 is 2.37 bits per heavy atom. The van der Waals surface area contributed by atoms with Gasteiger partial charge in [0, 0.05) is 21.7 Å². The summed E-state index contributed by atoms with van der Waals surface area (Å²) >= 11 is 1.92. The molecular formula is C17H23NS. The number of rotatable bonds is 5. The third-order valence-electron chi connectivity index (χ3n) is 3.61. The van der Waals surface area contributed by atoms with Crippen LogP contribution < -0.4 is 5.32 Å². The van der Waals surface area contributed by atoms with Crippen molar-refractivity contribution in [2.24, 2.45) is 0 Å². The first kappa shape index (κ1) is 14.3. The lowest BCUT2D eigenvalue weighted by Crippen LogP contribution is -2.25. The SMILES string of the molecule is CCNC(c1sc(C)cc1C)C(C)c1ccccc1. The molecule has 2 aromatic rings. The van der Waals surface area contributed by atoms with Gasteiger partial charge >= 0.3 is 0 Å². The zero-order chi connectivity index (χ0) is 13.8. The van der Waals surface area contributed by atoms with Gasteiger partial charge in [-0.15, -0.1) is 11.3 Å². The molecule has 1 heterocycles. The summed E-state index contributed by atoms with van der Waals surface area (Å²) < 4.78 is 0. The standard InChI is InChI=1S/C17H23NS/c1-5-18-16(17-12(2)11-13(3)19-17)14(4)15-9-7-6-8-10-15/h6-11,14,16,18H,5H2,1-4H3. The number of aryl methyl sites for hydroxylation is 2. The van der Waals surface area contributed by atoms with Crippen LogP contribution in [0.3, 0.4) is 0 Å². The van der Waals surface area contributed by atoms with E-state index in [0.29, 0.717) is 12.0 Å². The second-order valence-electron chi connectivity index (χ2n) is 5.14. The van der Waals surface area contributed by atoms with E-state index in [1.165, 1.54) is 20.9 Å². The summed E-state index contributed by atoms with van der Waals surface area (Å²) in [5, 5.41) is 3.66. The van der Waals surface area contributed by atoms with Crippen molar-refractivity contribution in [2.45, 2.75) is 39.7 Å². The number of nitrogens with one attached hydrogen (secondary N) is 1. The number of thiophene rings is 1. The van der Waals surface area contributed by atoms with Crippen molar-refractivity contribution in [2.75, 3.05) is 6.54 Å². The third kappa shape index (κ3) is 3.26. The first-order chi connectivity index (χ1) is 9.13. The molecule has 2 atom stereocenters. The fraction of sp³-hybridized carbons (Fsp3) is 0.412. The molecule has 102 valence electrons. The molecule has 0 saturated heterocycles. The van der Waals surface area contributed by atoms with Gasteiger partial charge < -0.3 is 5.32 Å². The summed E-state index contributed by atoms with van der Waals surface area (Å²) in [7, 11) is 0. The van der Waals surface area contributed by atoms with Gasteiger partial charge in [-0.25, -0.2) is 0 Å². The molecule has 0 radical (unpaired) electrons. The second kappa shape index (κ2) is 6.36. The number of likely N-dealkylation sites (N-methyl/N-ethyl adjacent to an activating group) is 1. The van der Waals surface area contributed by atoms with Crippen LogP contribution in [0.1, 0.15) is 46.7 Å². The summed E-state index contributed by atoms with van der Waals surface area (Å²) in [6.07, 6.45) is 0. The maximum atomic E-state index is 3.66. The molecule has 0 aliphatic carbocycles. The van der Waals surface area contributed by atoms with E-state index >= 15 is 0 Å². The van der Waals surface area contributed by atoms with Gasteiger partial charge in [-0.1, -0.05) is 44.2 Å². The Morgan fingerprint density at radius 1 is 1.16 bits per heavy atom. The highest BCUT2D eigenvalue weighted by Crippen LogP contribution is 2.36. The van der Waals surface area contributed by atoms with Crippen LogP contribution in [-0.4, -0.2) is 6.54 Å². The van der Waals surface area contributed by atoms with Gasteiger partial charge in [0.25, 0.3) is 0 Å². The van der Waals surface area contributed by atoms with Crippen LogP contribution in [0, 0.1) is 13.8 Å². The van der Waals surface area contributed by atoms with Crippen LogP contribution in [-0.2, 0) is 0 Å². The van der Waals surface area contributed by atoms with E-state index in [9.17, 15) is 0 Å². The molecule has 0 aliphatic rings. The topological polar surface area (TPSA) is 12.0 Å². The number of hydrogen-bond acceptors (Lipinski definition) is 2. The lowest BCUT2D eigenvalue weighted by Gasteiger charge is -2.25. The highest BCUT2D eigenvalue weighted by Gasteiger charge is 2.23. The molecule has 19 heavy (non-hydrogen) atoms. The third-order valence-corrected chi connectivity index (χ3v) is 4.85. The minimum absolute atomic E-state index is 0.408. The quantitative estimate of drug-likeness (QED) is 0.823. The molecule has 1 aromatic carbocycles. The fourth-order valence-electron chi connectivity index (χ4n) is 2.63. The van der Waals surface area contributed by atoms with Crippen LogP contribution in [0.4, 0.5) is 0 Å². The van der Waals surface area contributed by atoms with Crippen molar-refractivity contribution in [1.29, 1.82) is 0 Å². The average molecular weight is 273 g/mol. The summed E-state index contributed by atoms with van der Waals surface area (Å²) in [6, 6.07) is 13.5. The van der Waals surface area contributed by atoms with Crippen molar-refractivity contribution in [1.82, 2.24) is 5.32 Å². The van der Waals surface area contributed by atoms with Gasteiger partial charge in [-0.2, -0.15) is 0 Å². The number of hydrogen-bond donors (Lipinski definition) is 1. The van der Waals surface area contributed by atoms with Gasteiger partial charge in [0.1, 0.15) is 0 Å². The summed E-state index contributed by atoms with van der Waals surface area (Å²) in [4.78, 5) is 2.88. The molecule has 0 spiro atoms. The minimum Gasteiger partial charge on any atom is -0.309 e. The largest absolute Gasteiger partial charge is 0.309 e. The van der Waals surface area contributed by atoms with Crippen molar-refractivity contribution in [3.05, 3.63) is 57.3 Å². The van der Waals surface area contributed by atoms with Crippen LogP contribution in [0.15, 0.2) is 36.4 Å². The molecule has 0 amide bonds. The molecule has 0 bridgehead atoms. The van der Waals surface area contributed by atoms with Crippen molar-refractivity contribution in [3.63, 3.8) is 0 Å². The first-order valence-electron chi connectivity index (χ1n) is 6.98. The van der Waals surface area contributed by atoms with Crippen molar-refractivity contribution in [3.8, 4) is 0 Å². The zero-order valence-electron chi connectivity index (χ0n) is 12.2. The molecule has 1 aromatic heterocycles. The maximum absolute atomic E-state index is 3.66. The minimum atomic E-state index is 0.408. The predicted octanol–water partition coefficient (Wildman–Crippen LogP) is 4.82. The van der Waals surface area contributed by atoms with E-state index in [1.807, 2.05) is 11.3 Å². The Kier molecular flexibility index (Phi) is 4.78. The molecule has 1 N–H and O–H groups in total. The molecule has 2 rings (SSSR count). The van der Waals surface area contributed by atoms with E-state index in [-0.39, 0.29) is 0 Å². The van der Waals surface area contributed by atoms with Crippen molar-refractivity contribution < 1.29 is 0 Å². The first-order valence-corrected chi connectivity index (χ1v) is 7.80. The molecule has 0 fully saturated rings. The van der Waals surface area contributed by atoms with Gasteiger partial charge in [0.15, 0.2) is 0 Å². The lowest BCUT2D eigenvalue weighted by atomic mass is 9.91. The van der Waals surface area contributed by atoms with Gasteiger partial charge in [-0.05, 0) is 37.6 Å².